The van der Waals surface area contributed by atoms with Crippen LogP contribution in [0.2, 0.25) is 0 Å². The van der Waals surface area contributed by atoms with Crippen LogP contribution >= 0.6 is 0 Å². The van der Waals surface area contributed by atoms with Crippen LogP contribution in [0.4, 0.5) is 0 Å². The van der Waals surface area contributed by atoms with Gasteiger partial charge < -0.3 is 9.47 Å². The van der Waals surface area contributed by atoms with Crippen LogP contribution in [0.3, 0.4) is 0 Å². The average Bonchev–Trinajstić information content (AvgIpc) is 2.56. The molecule has 0 aliphatic rings. The molecule has 0 aliphatic carbocycles. The molecular weight excluding hydrogens is 292 g/mol. The number of para-hydroxylation sites is 1. The van der Waals surface area contributed by atoms with Gasteiger partial charge in [0.15, 0.2) is 6.61 Å². The molecule has 0 atom stereocenters. The lowest BCUT2D eigenvalue weighted by atomic mass is 10.2. The lowest BCUT2D eigenvalue weighted by molar-refractivity contribution is -0.123. The van der Waals surface area contributed by atoms with Gasteiger partial charge in [0.05, 0.1) is 12.8 Å². The number of aryl methyl sites for hydroxylation is 1. The van der Waals surface area contributed by atoms with Crippen molar-refractivity contribution >= 4 is 12.1 Å². The Kier molecular flexibility index (Phi) is 6.17. The van der Waals surface area contributed by atoms with E-state index in [1.54, 1.807) is 6.21 Å². The maximum atomic E-state index is 11.7. The second kappa shape index (κ2) is 8.58. The van der Waals surface area contributed by atoms with Crippen molar-refractivity contribution in [3.05, 3.63) is 59.7 Å². The first-order valence-corrected chi connectivity index (χ1v) is 7.42. The van der Waals surface area contributed by atoms with Gasteiger partial charge in [-0.3, -0.25) is 4.79 Å². The zero-order valence-corrected chi connectivity index (χ0v) is 13.3. The van der Waals surface area contributed by atoms with Gasteiger partial charge in [-0.25, -0.2) is 5.43 Å². The van der Waals surface area contributed by atoms with Crippen molar-refractivity contribution in [2.75, 3.05) is 13.2 Å². The number of rotatable bonds is 7. The quantitative estimate of drug-likeness (QED) is 0.631. The van der Waals surface area contributed by atoms with E-state index in [1.165, 1.54) is 0 Å². The minimum atomic E-state index is -0.310. The Balaban J connectivity index is 1.78. The van der Waals surface area contributed by atoms with Crippen molar-refractivity contribution < 1.29 is 14.3 Å². The molecule has 0 unspecified atom stereocenters. The van der Waals surface area contributed by atoms with Crippen molar-refractivity contribution in [3.63, 3.8) is 0 Å². The van der Waals surface area contributed by atoms with Gasteiger partial charge in [0, 0.05) is 0 Å². The fraction of sp³-hybridized carbons (Fsp3) is 0.222. The molecule has 0 bridgehead atoms. The molecule has 1 amide bonds. The zero-order valence-electron chi connectivity index (χ0n) is 13.3. The van der Waals surface area contributed by atoms with Gasteiger partial charge in [-0.15, -0.1) is 0 Å². The van der Waals surface area contributed by atoms with E-state index in [0.717, 1.165) is 16.9 Å². The van der Waals surface area contributed by atoms with Crippen LogP contribution in [0.1, 0.15) is 18.1 Å². The summed E-state index contributed by atoms with van der Waals surface area (Å²) in [5, 5.41) is 3.91. The number of carbonyl (C=O) groups excluding carboxylic acids is 1. The molecule has 1 N–H and O–H groups in total. The molecule has 0 saturated carbocycles. The molecule has 23 heavy (non-hydrogen) atoms. The van der Waals surface area contributed by atoms with Crippen molar-refractivity contribution in [3.8, 4) is 11.5 Å². The minimum absolute atomic E-state index is 0.0779. The predicted molar refractivity (Wildman–Crippen MR) is 90.0 cm³/mol. The van der Waals surface area contributed by atoms with Crippen LogP contribution in [-0.2, 0) is 4.79 Å². The van der Waals surface area contributed by atoms with Crippen LogP contribution in [0.25, 0.3) is 0 Å². The van der Waals surface area contributed by atoms with E-state index in [-0.39, 0.29) is 12.5 Å². The third kappa shape index (κ3) is 5.47. The summed E-state index contributed by atoms with van der Waals surface area (Å²) in [6.07, 6.45) is 1.57. The average molecular weight is 312 g/mol. The van der Waals surface area contributed by atoms with E-state index >= 15 is 0 Å². The molecule has 5 nitrogen and oxygen atoms in total. The topological polar surface area (TPSA) is 59.9 Å². The second-order valence-electron chi connectivity index (χ2n) is 4.85. The van der Waals surface area contributed by atoms with Crippen molar-refractivity contribution in [2.45, 2.75) is 13.8 Å². The first-order chi connectivity index (χ1) is 11.2. The molecule has 0 aliphatic heterocycles. The monoisotopic (exact) mass is 312 g/mol. The Morgan fingerprint density at radius 2 is 1.87 bits per heavy atom. The maximum absolute atomic E-state index is 11.7. The first kappa shape index (κ1) is 16.5. The summed E-state index contributed by atoms with van der Waals surface area (Å²) >= 11 is 0. The summed E-state index contributed by atoms with van der Waals surface area (Å²) < 4.78 is 10.8. The molecule has 2 rings (SSSR count). The van der Waals surface area contributed by atoms with Crippen molar-refractivity contribution in [1.82, 2.24) is 5.43 Å². The Labute approximate surface area is 135 Å². The molecule has 0 radical (unpaired) electrons. The molecule has 2 aromatic rings. The van der Waals surface area contributed by atoms with Crippen LogP contribution in [-0.4, -0.2) is 25.3 Å². The Morgan fingerprint density at radius 1 is 1.13 bits per heavy atom. The smallest absolute Gasteiger partial charge is 0.277 e. The molecular formula is C18H20N2O3. The molecule has 0 fully saturated rings. The highest BCUT2D eigenvalue weighted by Gasteiger charge is 2.03. The normalized spacial score (nSPS) is 10.5. The number of carbonyl (C=O) groups is 1. The molecule has 0 heterocycles. The summed E-state index contributed by atoms with van der Waals surface area (Å²) in [5.41, 5.74) is 4.29. The number of hydrogen-bond acceptors (Lipinski definition) is 4. The highest BCUT2D eigenvalue weighted by molar-refractivity contribution is 5.83. The molecule has 0 spiro atoms. The van der Waals surface area contributed by atoms with Gasteiger partial charge in [0.1, 0.15) is 11.5 Å². The van der Waals surface area contributed by atoms with Gasteiger partial charge in [-0.1, -0.05) is 18.2 Å². The van der Waals surface area contributed by atoms with E-state index in [4.69, 9.17) is 9.47 Å². The van der Waals surface area contributed by atoms with Crippen LogP contribution < -0.4 is 14.9 Å². The summed E-state index contributed by atoms with van der Waals surface area (Å²) in [7, 11) is 0. The molecule has 0 aromatic heterocycles. The van der Waals surface area contributed by atoms with Crippen molar-refractivity contribution in [2.24, 2.45) is 5.10 Å². The summed E-state index contributed by atoms with van der Waals surface area (Å²) in [6, 6.07) is 15.0. The molecule has 2 aromatic carbocycles. The molecule has 5 heteroatoms. The zero-order chi connectivity index (χ0) is 16.5. The minimum Gasteiger partial charge on any atom is -0.494 e. The SMILES string of the molecule is CCOc1ccc(/C=N/NC(=O)COc2ccccc2C)cc1. The Morgan fingerprint density at radius 3 is 2.57 bits per heavy atom. The summed E-state index contributed by atoms with van der Waals surface area (Å²) in [5.74, 6) is 1.19. The van der Waals surface area contributed by atoms with E-state index in [2.05, 4.69) is 10.5 Å². The number of amides is 1. The molecule has 0 saturated heterocycles. The first-order valence-electron chi connectivity index (χ1n) is 7.42. The summed E-state index contributed by atoms with van der Waals surface area (Å²) in [6.45, 7) is 4.41. The number of benzene rings is 2. The van der Waals surface area contributed by atoms with Gasteiger partial charge in [0.2, 0.25) is 0 Å². The number of hydrogen-bond donors (Lipinski definition) is 1. The van der Waals surface area contributed by atoms with Crippen LogP contribution in [0.15, 0.2) is 53.6 Å². The van der Waals surface area contributed by atoms with Crippen LogP contribution in [0.5, 0.6) is 11.5 Å². The lowest BCUT2D eigenvalue weighted by Crippen LogP contribution is -2.24. The number of ether oxygens (including phenoxy) is 2. The van der Waals surface area contributed by atoms with E-state index < -0.39 is 0 Å². The Bertz CT molecular complexity index is 666. The molecule has 120 valence electrons. The third-order valence-corrected chi connectivity index (χ3v) is 3.05. The van der Waals surface area contributed by atoms with Crippen molar-refractivity contribution in [1.29, 1.82) is 0 Å². The number of nitrogens with one attached hydrogen (secondary N) is 1. The van der Waals surface area contributed by atoms with Gasteiger partial charge >= 0.3 is 0 Å². The van der Waals surface area contributed by atoms with Gasteiger partial charge in [-0.05, 0) is 55.3 Å². The van der Waals surface area contributed by atoms with Gasteiger partial charge in [0.25, 0.3) is 5.91 Å². The largest absolute Gasteiger partial charge is 0.494 e. The van der Waals surface area contributed by atoms with Gasteiger partial charge in [-0.2, -0.15) is 5.10 Å². The summed E-state index contributed by atoms with van der Waals surface area (Å²) in [4.78, 5) is 11.7. The van der Waals surface area contributed by atoms with E-state index in [0.29, 0.717) is 12.4 Å². The maximum Gasteiger partial charge on any atom is 0.277 e. The third-order valence-electron chi connectivity index (χ3n) is 3.05. The number of nitrogens with zero attached hydrogens (tertiary/aromatic N) is 1. The van der Waals surface area contributed by atoms with E-state index in [1.807, 2.05) is 62.4 Å². The van der Waals surface area contributed by atoms with Crippen LogP contribution in [0, 0.1) is 6.92 Å². The highest BCUT2D eigenvalue weighted by Crippen LogP contribution is 2.15. The fourth-order valence-corrected chi connectivity index (χ4v) is 1.89. The second-order valence-corrected chi connectivity index (χ2v) is 4.85. The van der Waals surface area contributed by atoms with E-state index in [9.17, 15) is 4.79 Å². The predicted octanol–water partition coefficient (Wildman–Crippen LogP) is 2.92. The Hall–Kier alpha value is -2.82. The standard InChI is InChI=1S/C18H20N2O3/c1-3-22-16-10-8-15(9-11-16)12-19-20-18(21)13-23-17-7-5-4-6-14(17)2/h4-12H,3,13H2,1-2H3,(H,20,21)/b19-12+. The highest BCUT2D eigenvalue weighted by atomic mass is 16.5. The lowest BCUT2D eigenvalue weighted by Gasteiger charge is -2.07. The fourth-order valence-electron chi connectivity index (χ4n) is 1.89. The number of hydrazone groups is 1.